The normalized spacial score (nSPS) is 17.4. The van der Waals surface area contributed by atoms with Gasteiger partial charge in [-0.2, -0.15) is 0 Å². The number of carboxylic acids is 1. The molecule has 0 bridgehead atoms. The van der Waals surface area contributed by atoms with Crippen LogP contribution in [0.2, 0.25) is 0 Å². The molecule has 32 heavy (non-hydrogen) atoms. The first-order chi connectivity index (χ1) is 15.3. The lowest BCUT2D eigenvalue weighted by atomic mass is 9.82. The van der Waals surface area contributed by atoms with E-state index in [1.165, 1.54) is 11.8 Å². The van der Waals surface area contributed by atoms with Crippen LogP contribution >= 0.6 is 11.8 Å². The summed E-state index contributed by atoms with van der Waals surface area (Å²) in [5.74, 6) is -3.17. The van der Waals surface area contributed by atoms with Gasteiger partial charge in [-0.3, -0.25) is 19.2 Å². The molecule has 5 N–H and O–H groups in total. The summed E-state index contributed by atoms with van der Waals surface area (Å²) in [6.07, 6.45) is 4.37. The number of amides is 3. The van der Waals surface area contributed by atoms with E-state index >= 15 is 0 Å². The number of anilines is 2. The Morgan fingerprint density at radius 2 is 1.44 bits per heavy atom. The van der Waals surface area contributed by atoms with Gasteiger partial charge >= 0.3 is 5.97 Å². The number of allylic oxidation sites excluding steroid dienone is 2. The third-order valence-electron chi connectivity index (χ3n) is 5.03. The SMILES string of the molecule is NC(=O)c1ccc(NC(=O)CSc2ccc(NC(=O)C3CC=CCC3C(=O)O)cc2)cc1. The van der Waals surface area contributed by atoms with E-state index in [1.54, 1.807) is 54.6 Å². The topological polar surface area (TPSA) is 139 Å². The zero-order valence-electron chi connectivity index (χ0n) is 17.1. The van der Waals surface area contributed by atoms with Gasteiger partial charge in [0.05, 0.1) is 17.6 Å². The van der Waals surface area contributed by atoms with Crippen molar-refractivity contribution in [1.82, 2.24) is 0 Å². The Morgan fingerprint density at radius 3 is 2.03 bits per heavy atom. The summed E-state index contributed by atoms with van der Waals surface area (Å²) in [5.41, 5.74) is 6.69. The summed E-state index contributed by atoms with van der Waals surface area (Å²) in [5, 5.41) is 14.8. The Hall–Kier alpha value is -3.59. The Kier molecular flexibility index (Phi) is 7.67. The number of carbonyl (C=O) groups excluding carboxylic acids is 3. The third kappa shape index (κ3) is 6.21. The summed E-state index contributed by atoms with van der Waals surface area (Å²) >= 11 is 1.33. The van der Waals surface area contributed by atoms with Crippen molar-refractivity contribution in [2.24, 2.45) is 17.6 Å². The van der Waals surface area contributed by atoms with Gasteiger partial charge < -0.3 is 21.5 Å². The molecule has 166 valence electrons. The number of rotatable bonds is 8. The fourth-order valence-corrected chi connectivity index (χ4v) is 4.01. The smallest absolute Gasteiger partial charge is 0.307 e. The van der Waals surface area contributed by atoms with Crippen LogP contribution in [0.25, 0.3) is 0 Å². The highest BCUT2D eigenvalue weighted by Gasteiger charge is 2.33. The van der Waals surface area contributed by atoms with Crippen LogP contribution in [-0.4, -0.2) is 34.6 Å². The van der Waals surface area contributed by atoms with E-state index < -0.39 is 23.7 Å². The Labute approximate surface area is 189 Å². The highest BCUT2D eigenvalue weighted by atomic mass is 32.2. The minimum absolute atomic E-state index is 0.179. The molecule has 1 aliphatic carbocycles. The van der Waals surface area contributed by atoms with Gasteiger partial charge in [0.1, 0.15) is 0 Å². The van der Waals surface area contributed by atoms with E-state index in [9.17, 15) is 24.3 Å². The molecule has 8 nitrogen and oxygen atoms in total. The van der Waals surface area contributed by atoms with Crippen LogP contribution in [0.15, 0.2) is 65.6 Å². The van der Waals surface area contributed by atoms with Gasteiger partial charge in [0, 0.05) is 21.8 Å². The van der Waals surface area contributed by atoms with E-state index in [0.29, 0.717) is 29.8 Å². The molecule has 0 radical (unpaired) electrons. The molecule has 1 aliphatic rings. The summed E-state index contributed by atoms with van der Waals surface area (Å²) < 4.78 is 0. The van der Waals surface area contributed by atoms with Crippen LogP contribution in [0, 0.1) is 11.8 Å². The molecule has 3 amide bonds. The van der Waals surface area contributed by atoms with Crippen molar-refractivity contribution in [3.63, 3.8) is 0 Å². The number of aliphatic carboxylic acids is 1. The number of hydrogen-bond donors (Lipinski definition) is 4. The highest BCUT2D eigenvalue weighted by molar-refractivity contribution is 8.00. The second-order valence-corrected chi connectivity index (χ2v) is 8.33. The number of carboxylic acid groups (broad SMARTS) is 1. The van der Waals surface area contributed by atoms with Gasteiger partial charge in [0.2, 0.25) is 17.7 Å². The fraction of sp³-hybridized carbons (Fsp3) is 0.217. The van der Waals surface area contributed by atoms with Crippen molar-refractivity contribution in [3.8, 4) is 0 Å². The number of carbonyl (C=O) groups is 4. The molecule has 0 aliphatic heterocycles. The van der Waals surface area contributed by atoms with Gasteiger partial charge in [-0.25, -0.2) is 0 Å². The molecule has 3 rings (SSSR count). The molecule has 2 unspecified atom stereocenters. The maximum absolute atomic E-state index is 12.5. The van der Waals surface area contributed by atoms with Crippen LogP contribution < -0.4 is 16.4 Å². The maximum atomic E-state index is 12.5. The quantitative estimate of drug-likeness (QED) is 0.358. The molecule has 0 saturated heterocycles. The monoisotopic (exact) mass is 453 g/mol. The van der Waals surface area contributed by atoms with Crippen molar-refractivity contribution < 1.29 is 24.3 Å². The standard InChI is InChI=1S/C23H23N3O5S/c24-21(28)14-5-7-15(8-6-14)25-20(27)13-32-17-11-9-16(10-12-17)26-22(29)18-3-1-2-4-19(18)23(30)31/h1-2,5-12,18-19H,3-4,13H2,(H2,24,28)(H,25,27)(H,26,29)(H,30,31). The molecule has 0 saturated carbocycles. The zero-order valence-corrected chi connectivity index (χ0v) is 17.9. The number of thioether (sulfide) groups is 1. The summed E-state index contributed by atoms with van der Waals surface area (Å²) in [6.45, 7) is 0. The second kappa shape index (κ2) is 10.6. The molecule has 0 fully saturated rings. The number of benzene rings is 2. The molecule has 0 heterocycles. The van der Waals surface area contributed by atoms with E-state index in [0.717, 1.165) is 4.90 Å². The first kappa shape index (κ1) is 23.1. The molecular weight excluding hydrogens is 430 g/mol. The first-order valence-corrected chi connectivity index (χ1v) is 10.9. The lowest BCUT2D eigenvalue weighted by Crippen LogP contribution is -2.34. The number of nitrogens with one attached hydrogen (secondary N) is 2. The lowest BCUT2D eigenvalue weighted by molar-refractivity contribution is -0.146. The van der Waals surface area contributed by atoms with Crippen LogP contribution in [-0.2, 0) is 14.4 Å². The zero-order chi connectivity index (χ0) is 23.1. The molecule has 0 spiro atoms. The number of nitrogens with two attached hydrogens (primary N) is 1. The largest absolute Gasteiger partial charge is 0.481 e. The first-order valence-electron chi connectivity index (χ1n) is 9.94. The van der Waals surface area contributed by atoms with E-state index in [2.05, 4.69) is 10.6 Å². The average molecular weight is 454 g/mol. The summed E-state index contributed by atoms with van der Waals surface area (Å²) in [6, 6.07) is 13.3. The van der Waals surface area contributed by atoms with Crippen molar-refractivity contribution in [2.45, 2.75) is 17.7 Å². The highest BCUT2D eigenvalue weighted by Crippen LogP contribution is 2.28. The number of primary amides is 1. The molecular formula is C23H23N3O5S. The minimum atomic E-state index is -0.969. The molecule has 2 aromatic rings. The fourth-order valence-electron chi connectivity index (χ4n) is 3.31. The summed E-state index contributed by atoms with van der Waals surface area (Å²) in [7, 11) is 0. The predicted molar refractivity (Wildman–Crippen MR) is 122 cm³/mol. The van der Waals surface area contributed by atoms with Crippen molar-refractivity contribution >= 4 is 46.8 Å². The van der Waals surface area contributed by atoms with Gasteiger partial charge in [-0.05, 0) is 61.4 Å². The van der Waals surface area contributed by atoms with Crippen molar-refractivity contribution in [2.75, 3.05) is 16.4 Å². The van der Waals surface area contributed by atoms with Crippen molar-refractivity contribution in [3.05, 3.63) is 66.2 Å². The second-order valence-electron chi connectivity index (χ2n) is 7.29. The van der Waals surface area contributed by atoms with Crippen molar-refractivity contribution in [1.29, 1.82) is 0 Å². The van der Waals surface area contributed by atoms with Crippen LogP contribution in [0.1, 0.15) is 23.2 Å². The molecule has 0 aromatic heterocycles. The van der Waals surface area contributed by atoms with E-state index in [-0.39, 0.29) is 17.6 Å². The predicted octanol–water partition coefficient (Wildman–Crippen LogP) is 3.12. The van der Waals surface area contributed by atoms with Crippen LogP contribution in [0.3, 0.4) is 0 Å². The van der Waals surface area contributed by atoms with Crippen LogP contribution in [0.5, 0.6) is 0 Å². The minimum Gasteiger partial charge on any atom is -0.481 e. The van der Waals surface area contributed by atoms with Gasteiger partial charge in [-0.1, -0.05) is 12.2 Å². The maximum Gasteiger partial charge on any atom is 0.307 e. The molecule has 2 atom stereocenters. The Morgan fingerprint density at radius 1 is 0.875 bits per heavy atom. The third-order valence-corrected chi connectivity index (χ3v) is 6.04. The molecule has 9 heteroatoms. The summed E-state index contributed by atoms with van der Waals surface area (Å²) in [4.78, 5) is 48.0. The molecule has 2 aromatic carbocycles. The van der Waals surface area contributed by atoms with E-state index in [4.69, 9.17) is 5.73 Å². The Bertz CT molecular complexity index is 1030. The van der Waals surface area contributed by atoms with Gasteiger partial charge in [0.25, 0.3) is 0 Å². The van der Waals surface area contributed by atoms with Gasteiger partial charge in [0.15, 0.2) is 0 Å². The Balaban J connectivity index is 1.49. The lowest BCUT2D eigenvalue weighted by Gasteiger charge is -2.24. The van der Waals surface area contributed by atoms with E-state index in [1.807, 2.05) is 6.08 Å². The number of hydrogen-bond acceptors (Lipinski definition) is 5. The average Bonchev–Trinajstić information content (AvgIpc) is 2.79. The van der Waals surface area contributed by atoms with Gasteiger partial charge in [-0.15, -0.1) is 11.8 Å². The van der Waals surface area contributed by atoms with Crippen LogP contribution in [0.4, 0.5) is 11.4 Å².